The Morgan fingerprint density at radius 1 is 1.00 bits per heavy atom. The lowest BCUT2D eigenvalue weighted by atomic mass is 10.1. The van der Waals surface area contributed by atoms with Crippen molar-refractivity contribution in [2.45, 2.75) is 6.18 Å². The van der Waals surface area contributed by atoms with Crippen molar-refractivity contribution in [1.82, 2.24) is 9.97 Å². The SMILES string of the molecule is COC(=O)c1ccc(-c2nc3cc(N=[N+]=[N-])c(N=[N+]=[N-])cc3nc2C(F)(F)F)cc1. The Morgan fingerprint density at radius 3 is 2.00 bits per heavy atom. The number of carbonyl (C=O) groups is 1. The number of hydrogen-bond acceptors (Lipinski definition) is 6. The van der Waals surface area contributed by atoms with Gasteiger partial charge in [-0.3, -0.25) is 0 Å². The molecule has 30 heavy (non-hydrogen) atoms. The fourth-order valence-electron chi connectivity index (χ4n) is 2.62. The Bertz CT molecular complexity index is 1240. The summed E-state index contributed by atoms with van der Waals surface area (Å²) >= 11 is 0. The second-order valence-corrected chi connectivity index (χ2v) is 5.70. The molecule has 0 aliphatic heterocycles. The van der Waals surface area contributed by atoms with E-state index in [1.165, 1.54) is 37.4 Å². The second kappa shape index (κ2) is 7.95. The molecule has 0 radical (unpaired) electrons. The maximum atomic E-state index is 13.6. The van der Waals surface area contributed by atoms with Gasteiger partial charge < -0.3 is 4.74 Å². The first-order valence-corrected chi connectivity index (χ1v) is 8.00. The van der Waals surface area contributed by atoms with Crippen molar-refractivity contribution in [3.05, 3.63) is 68.5 Å². The first-order chi connectivity index (χ1) is 14.3. The van der Waals surface area contributed by atoms with Crippen LogP contribution >= 0.6 is 0 Å². The average Bonchev–Trinajstić information content (AvgIpc) is 2.72. The molecule has 0 atom stereocenters. The molecule has 2 aromatic carbocycles. The number of azide groups is 2. The van der Waals surface area contributed by atoms with Crippen molar-refractivity contribution in [3.63, 3.8) is 0 Å². The third-order valence-electron chi connectivity index (χ3n) is 3.91. The molecule has 0 saturated heterocycles. The number of esters is 1. The zero-order valence-corrected chi connectivity index (χ0v) is 15.0. The van der Waals surface area contributed by atoms with Crippen LogP contribution in [0.25, 0.3) is 43.2 Å². The van der Waals surface area contributed by atoms with E-state index in [0.717, 1.165) is 6.07 Å². The molecule has 3 aromatic rings. The minimum absolute atomic E-state index is 0.0191. The van der Waals surface area contributed by atoms with Crippen LogP contribution in [0, 0.1) is 0 Å². The van der Waals surface area contributed by atoms with Crippen molar-refractivity contribution in [3.8, 4) is 11.3 Å². The largest absolute Gasteiger partial charge is 0.465 e. The molecule has 0 fully saturated rings. The van der Waals surface area contributed by atoms with Gasteiger partial charge in [-0.1, -0.05) is 22.4 Å². The Hall–Kier alpha value is -4.34. The van der Waals surface area contributed by atoms with Gasteiger partial charge in [-0.15, -0.1) is 0 Å². The van der Waals surface area contributed by atoms with Crippen molar-refractivity contribution >= 4 is 28.4 Å². The summed E-state index contributed by atoms with van der Waals surface area (Å²) in [6.45, 7) is 0. The molecule has 13 heteroatoms. The maximum absolute atomic E-state index is 13.6. The summed E-state index contributed by atoms with van der Waals surface area (Å²) < 4.78 is 45.5. The van der Waals surface area contributed by atoms with Gasteiger partial charge in [0, 0.05) is 26.8 Å². The van der Waals surface area contributed by atoms with Gasteiger partial charge in [0.15, 0.2) is 5.69 Å². The lowest BCUT2D eigenvalue weighted by molar-refractivity contribution is -0.140. The lowest BCUT2D eigenvalue weighted by Gasteiger charge is -2.13. The molecule has 0 aliphatic carbocycles. The molecular weight excluding hydrogens is 405 g/mol. The standard InChI is InChI=1S/C17H9F3N8O2/c1-30-16(29)9-4-2-8(3-5-9)14-15(17(18,19)20)24-11-7-13(26-28-22)12(25-27-21)6-10(11)23-14/h2-7H,1H3. The second-order valence-electron chi connectivity index (χ2n) is 5.70. The van der Waals surface area contributed by atoms with Crippen LogP contribution in [0.3, 0.4) is 0 Å². The van der Waals surface area contributed by atoms with Gasteiger partial charge >= 0.3 is 12.1 Å². The van der Waals surface area contributed by atoms with Crippen LogP contribution in [0.5, 0.6) is 0 Å². The molecule has 1 heterocycles. The molecular formula is C17H9F3N8O2. The Balaban J connectivity index is 2.29. The van der Waals surface area contributed by atoms with Crippen molar-refractivity contribution < 1.29 is 22.7 Å². The van der Waals surface area contributed by atoms with E-state index in [9.17, 15) is 18.0 Å². The fourth-order valence-corrected chi connectivity index (χ4v) is 2.62. The molecule has 0 saturated carbocycles. The highest BCUT2D eigenvalue weighted by molar-refractivity contribution is 5.90. The van der Waals surface area contributed by atoms with Gasteiger partial charge in [0.25, 0.3) is 0 Å². The third-order valence-corrected chi connectivity index (χ3v) is 3.91. The minimum atomic E-state index is -4.85. The number of nitrogens with zero attached hydrogens (tertiary/aromatic N) is 8. The summed E-state index contributed by atoms with van der Waals surface area (Å²) in [7, 11) is 1.18. The van der Waals surface area contributed by atoms with E-state index in [4.69, 9.17) is 11.1 Å². The van der Waals surface area contributed by atoms with E-state index >= 15 is 0 Å². The van der Waals surface area contributed by atoms with E-state index in [-0.39, 0.29) is 33.5 Å². The Labute approximate surface area is 165 Å². The molecule has 10 nitrogen and oxygen atoms in total. The lowest BCUT2D eigenvalue weighted by Crippen LogP contribution is -2.12. The van der Waals surface area contributed by atoms with Crippen molar-refractivity contribution in [2.24, 2.45) is 10.2 Å². The highest BCUT2D eigenvalue weighted by atomic mass is 19.4. The van der Waals surface area contributed by atoms with E-state index in [0.29, 0.717) is 0 Å². The van der Waals surface area contributed by atoms with E-state index in [1.807, 2.05) is 0 Å². The number of methoxy groups -OCH3 is 1. The predicted octanol–water partition coefficient (Wildman–Crippen LogP) is 5.99. The summed E-state index contributed by atoms with van der Waals surface area (Å²) in [5.74, 6) is -0.647. The molecule has 3 rings (SSSR count). The van der Waals surface area contributed by atoms with Gasteiger partial charge in [-0.25, -0.2) is 14.8 Å². The van der Waals surface area contributed by atoms with Crippen LogP contribution in [-0.4, -0.2) is 23.0 Å². The van der Waals surface area contributed by atoms with Crippen LogP contribution < -0.4 is 0 Å². The molecule has 0 spiro atoms. The predicted molar refractivity (Wildman–Crippen MR) is 98.9 cm³/mol. The number of benzene rings is 2. The molecule has 0 N–H and O–H groups in total. The zero-order chi connectivity index (χ0) is 21.9. The average molecular weight is 414 g/mol. The van der Waals surface area contributed by atoms with Crippen LogP contribution in [0.15, 0.2) is 46.6 Å². The smallest absolute Gasteiger partial charge is 0.435 e. The van der Waals surface area contributed by atoms with Gasteiger partial charge in [0.1, 0.15) is 5.69 Å². The summed E-state index contributed by atoms with van der Waals surface area (Å²) in [4.78, 5) is 24.4. The van der Waals surface area contributed by atoms with Gasteiger partial charge in [-0.05, 0) is 35.3 Å². The molecule has 0 aliphatic rings. The summed E-state index contributed by atoms with van der Waals surface area (Å²) in [6.07, 6.45) is -4.85. The van der Waals surface area contributed by atoms with Crippen molar-refractivity contribution in [2.75, 3.05) is 7.11 Å². The highest BCUT2D eigenvalue weighted by Gasteiger charge is 2.37. The Morgan fingerprint density at radius 2 is 1.53 bits per heavy atom. The number of hydrogen-bond donors (Lipinski definition) is 0. The summed E-state index contributed by atoms with van der Waals surface area (Å²) in [5.41, 5.74) is 15.2. The molecule has 0 amide bonds. The molecule has 0 bridgehead atoms. The fraction of sp³-hybridized carbons (Fsp3) is 0.118. The number of halogens is 3. The Kier molecular flexibility index (Phi) is 5.41. The summed E-state index contributed by atoms with van der Waals surface area (Å²) in [6, 6.07) is 7.36. The first-order valence-electron chi connectivity index (χ1n) is 8.00. The van der Waals surface area contributed by atoms with Gasteiger partial charge in [0.2, 0.25) is 0 Å². The molecule has 0 unspecified atom stereocenters. The monoisotopic (exact) mass is 414 g/mol. The third kappa shape index (κ3) is 3.92. The van der Waals surface area contributed by atoms with E-state index in [2.05, 4.69) is 34.8 Å². The maximum Gasteiger partial charge on any atom is 0.435 e. The normalized spacial score (nSPS) is 10.8. The molecule has 150 valence electrons. The number of aromatic nitrogens is 2. The topological polar surface area (TPSA) is 150 Å². The number of alkyl halides is 3. The van der Waals surface area contributed by atoms with Crippen LogP contribution in [0.4, 0.5) is 24.5 Å². The van der Waals surface area contributed by atoms with Crippen LogP contribution in [-0.2, 0) is 10.9 Å². The van der Waals surface area contributed by atoms with Gasteiger partial charge in [-0.2, -0.15) is 13.2 Å². The first kappa shape index (κ1) is 20.4. The van der Waals surface area contributed by atoms with Crippen LogP contribution in [0.1, 0.15) is 16.1 Å². The molecule has 1 aromatic heterocycles. The van der Waals surface area contributed by atoms with E-state index in [1.54, 1.807) is 0 Å². The number of fused-ring (bicyclic) bond motifs is 1. The number of carbonyl (C=O) groups excluding carboxylic acids is 1. The number of rotatable bonds is 4. The highest BCUT2D eigenvalue weighted by Crippen LogP contribution is 2.38. The number of ether oxygens (including phenoxy) is 1. The minimum Gasteiger partial charge on any atom is -0.465 e. The zero-order valence-electron chi connectivity index (χ0n) is 15.0. The van der Waals surface area contributed by atoms with Crippen LogP contribution in [0.2, 0.25) is 0 Å². The van der Waals surface area contributed by atoms with Crippen molar-refractivity contribution in [1.29, 1.82) is 0 Å². The van der Waals surface area contributed by atoms with E-state index < -0.39 is 23.5 Å². The quantitative estimate of drug-likeness (QED) is 0.223. The summed E-state index contributed by atoms with van der Waals surface area (Å²) in [5, 5.41) is 6.67. The van der Waals surface area contributed by atoms with Gasteiger partial charge in [0.05, 0.1) is 23.7 Å².